The third-order valence-corrected chi connectivity index (χ3v) is 3.95. The minimum absolute atomic E-state index is 0.00656. The molecule has 0 fully saturated rings. The van der Waals surface area contributed by atoms with Crippen LogP contribution in [0, 0.1) is 6.92 Å². The topological polar surface area (TPSA) is 32.3 Å². The Balaban J connectivity index is 1.85. The van der Waals surface area contributed by atoms with Crippen LogP contribution in [0.3, 0.4) is 0 Å². The highest BCUT2D eigenvalue weighted by atomic mass is 35.5. The van der Waals surface area contributed by atoms with Crippen molar-refractivity contribution < 1.29 is 4.79 Å². The quantitative estimate of drug-likeness (QED) is 0.869. The predicted molar refractivity (Wildman–Crippen MR) is 95.5 cm³/mol. The van der Waals surface area contributed by atoms with Gasteiger partial charge in [-0.3, -0.25) is 9.69 Å². The van der Waals surface area contributed by atoms with E-state index in [1.807, 2.05) is 43.1 Å². The Bertz CT molecular complexity index is 655. The molecule has 4 heteroatoms. The van der Waals surface area contributed by atoms with Gasteiger partial charge in [0.1, 0.15) is 0 Å². The first-order valence-corrected chi connectivity index (χ1v) is 8.11. The summed E-state index contributed by atoms with van der Waals surface area (Å²) >= 11 is 5.99. The zero-order valence-electron chi connectivity index (χ0n) is 13.8. The molecule has 0 bridgehead atoms. The Morgan fingerprint density at radius 1 is 1.22 bits per heavy atom. The Morgan fingerprint density at radius 2 is 1.91 bits per heavy atom. The number of carbonyl (C=O) groups excluding carboxylic acids is 1. The lowest BCUT2D eigenvalue weighted by atomic mass is 10.1. The zero-order chi connectivity index (χ0) is 16.8. The minimum atomic E-state index is -0.0611. The number of nitrogens with one attached hydrogen (secondary N) is 1. The molecule has 2 aromatic carbocycles. The number of nitrogens with zero attached hydrogens (tertiary/aromatic N) is 1. The molecule has 2 rings (SSSR count). The maximum absolute atomic E-state index is 12.2. The molecule has 0 aromatic heterocycles. The summed E-state index contributed by atoms with van der Waals surface area (Å²) < 4.78 is 0. The normalized spacial score (nSPS) is 12.2. The van der Waals surface area contributed by atoms with Gasteiger partial charge in [0.15, 0.2) is 0 Å². The number of likely N-dealkylation sites (N-methyl/N-ethyl adjacent to an activating group) is 1. The molecule has 1 atom stereocenters. The molecule has 0 aliphatic carbocycles. The second kappa shape index (κ2) is 8.14. The molecular weight excluding hydrogens is 308 g/mol. The molecule has 1 N–H and O–H groups in total. The van der Waals surface area contributed by atoms with Crippen LogP contribution in [0.15, 0.2) is 48.5 Å². The van der Waals surface area contributed by atoms with Crippen molar-refractivity contribution in [3.63, 3.8) is 0 Å². The van der Waals surface area contributed by atoms with Crippen molar-refractivity contribution >= 4 is 17.5 Å². The molecule has 3 nitrogen and oxygen atoms in total. The van der Waals surface area contributed by atoms with Crippen molar-refractivity contribution in [1.29, 1.82) is 0 Å². The van der Waals surface area contributed by atoms with Crippen LogP contribution in [0.5, 0.6) is 0 Å². The molecule has 0 aliphatic heterocycles. The van der Waals surface area contributed by atoms with Gasteiger partial charge in [-0.05, 0) is 44.2 Å². The molecular formula is C19H23ClN2O. The number of aryl methyl sites for hydroxylation is 1. The van der Waals surface area contributed by atoms with Crippen LogP contribution in [-0.4, -0.2) is 24.4 Å². The minimum Gasteiger partial charge on any atom is -0.348 e. The summed E-state index contributed by atoms with van der Waals surface area (Å²) in [7, 11) is 1.95. The Labute approximate surface area is 143 Å². The van der Waals surface area contributed by atoms with Crippen molar-refractivity contribution in [2.45, 2.75) is 26.4 Å². The molecule has 2 aromatic rings. The Morgan fingerprint density at radius 3 is 2.57 bits per heavy atom. The summed E-state index contributed by atoms with van der Waals surface area (Å²) in [4.78, 5) is 14.2. The van der Waals surface area contributed by atoms with E-state index in [0.29, 0.717) is 11.6 Å². The van der Waals surface area contributed by atoms with Gasteiger partial charge < -0.3 is 5.32 Å². The van der Waals surface area contributed by atoms with Crippen LogP contribution in [0.2, 0.25) is 5.02 Å². The first-order valence-electron chi connectivity index (χ1n) is 7.73. The lowest BCUT2D eigenvalue weighted by molar-refractivity contribution is -0.122. The van der Waals surface area contributed by atoms with Gasteiger partial charge in [-0.1, -0.05) is 53.6 Å². The number of hydrogen-bond donors (Lipinski definition) is 1. The van der Waals surface area contributed by atoms with E-state index in [2.05, 4.69) is 36.5 Å². The van der Waals surface area contributed by atoms with E-state index in [-0.39, 0.29) is 11.9 Å². The second-order valence-electron chi connectivity index (χ2n) is 6.00. The van der Waals surface area contributed by atoms with Gasteiger partial charge in [-0.2, -0.15) is 0 Å². The van der Waals surface area contributed by atoms with E-state index in [4.69, 9.17) is 11.6 Å². The molecule has 0 radical (unpaired) electrons. The van der Waals surface area contributed by atoms with Crippen molar-refractivity contribution in [1.82, 2.24) is 10.2 Å². The van der Waals surface area contributed by atoms with Crippen LogP contribution in [0.4, 0.5) is 0 Å². The molecule has 1 unspecified atom stereocenters. The van der Waals surface area contributed by atoms with E-state index in [0.717, 1.165) is 12.1 Å². The number of halogens is 1. The Kier molecular flexibility index (Phi) is 6.20. The van der Waals surface area contributed by atoms with E-state index < -0.39 is 0 Å². The highest BCUT2D eigenvalue weighted by Gasteiger charge is 2.12. The summed E-state index contributed by atoms with van der Waals surface area (Å²) in [5.41, 5.74) is 3.45. The van der Waals surface area contributed by atoms with E-state index >= 15 is 0 Å². The first kappa shape index (κ1) is 17.5. The molecule has 122 valence electrons. The largest absolute Gasteiger partial charge is 0.348 e. The maximum Gasteiger partial charge on any atom is 0.234 e. The SMILES string of the molecule is Cc1ccc(CN(C)CC(=O)NC(C)c2cccc(Cl)c2)cc1. The van der Waals surface area contributed by atoms with Gasteiger partial charge in [0.05, 0.1) is 12.6 Å². The smallest absolute Gasteiger partial charge is 0.234 e. The zero-order valence-corrected chi connectivity index (χ0v) is 14.6. The van der Waals surface area contributed by atoms with Crippen molar-refractivity contribution in [3.05, 3.63) is 70.2 Å². The molecule has 0 saturated heterocycles. The summed E-state index contributed by atoms with van der Waals surface area (Å²) in [6.45, 7) is 5.14. The van der Waals surface area contributed by atoms with Crippen LogP contribution in [0.1, 0.15) is 29.7 Å². The molecule has 0 spiro atoms. The lowest BCUT2D eigenvalue weighted by Crippen LogP contribution is -2.36. The summed E-state index contributed by atoms with van der Waals surface area (Å²) in [5, 5.41) is 3.69. The second-order valence-corrected chi connectivity index (χ2v) is 6.44. The van der Waals surface area contributed by atoms with Crippen LogP contribution >= 0.6 is 11.6 Å². The average molecular weight is 331 g/mol. The number of benzene rings is 2. The van der Waals surface area contributed by atoms with Gasteiger partial charge in [0.2, 0.25) is 5.91 Å². The molecule has 23 heavy (non-hydrogen) atoms. The fourth-order valence-electron chi connectivity index (χ4n) is 2.45. The van der Waals surface area contributed by atoms with E-state index in [1.54, 1.807) is 0 Å². The maximum atomic E-state index is 12.2. The molecule has 0 aliphatic rings. The lowest BCUT2D eigenvalue weighted by Gasteiger charge is -2.19. The summed E-state index contributed by atoms with van der Waals surface area (Å²) in [6, 6.07) is 15.9. The monoisotopic (exact) mass is 330 g/mol. The van der Waals surface area contributed by atoms with Gasteiger partial charge >= 0.3 is 0 Å². The van der Waals surface area contributed by atoms with Gasteiger partial charge in [-0.25, -0.2) is 0 Å². The number of amides is 1. The fraction of sp³-hybridized carbons (Fsp3) is 0.316. The van der Waals surface area contributed by atoms with Gasteiger partial charge in [-0.15, -0.1) is 0 Å². The molecule has 0 saturated carbocycles. The number of hydrogen-bond acceptors (Lipinski definition) is 2. The van der Waals surface area contributed by atoms with Crippen molar-refractivity contribution in [2.75, 3.05) is 13.6 Å². The first-order chi connectivity index (χ1) is 10.9. The molecule has 0 heterocycles. The van der Waals surface area contributed by atoms with Gasteiger partial charge in [0.25, 0.3) is 0 Å². The van der Waals surface area contributed by atoms with Crippen LogP contribution in [-0.2, 0) is 11.3 Å². The van der Waals surface area contributed by atoms with Crippen molar-refractivity contribution in [3.8, 4) is 0 Å². The third-order valence-electron chi connectivity index (χ3n) is 3.71. The number of rotatable bonds is 6. The van der Waals surface area contributed by atoms with Gasteiger partial charge in [0, 0.05) is 11.6 Å². The standard InChI is InChI=1S/C19H23ClN2O/c1-14-7-9-16(10-8-14)12-22(3)13-19(23)21-15(2)17-5-4-6-18(20)11-17/h4-11,15H,12-13H2,1-3H3,(H,21,23). The highest BCUT2D eigenvalue weighted by molar-refractivity contribution is 6.30. The summed E-state index contributed by atoms with van der Waals surface area (Å²) in [6.07, 6.45) is 0. The fourth-order valence-corrected chi connectivity index (χ4v) is 2.65. The molecule has 1 amide bonds. The van der Waals surface area contributed by atoms with Crippen molar-refractivity contribution in [2.24, 2.45) is 0 Å². The van der Waals surface area contributed by atoms with Crippen LogP contribution < -0.4 is 5.32 Å². The predicted octanol–water partition coefficient (Wildman–Crippen LogP) is 3.96. The van der Waals surface area contributed by atoms with Crippen LogP contribution in [0.25, 0.3) is 0 Å². The third kappa shape index (κ3) is 5.70. The average Bonchev–Trinajstić information content (AvgIpc) is 2.49. The van der Waals surface area contributed by atoms with E-state index in [9.17, 15) is 4.79 Å². The van der Waals surface area contributed by atoms with E-state index in [1.165, 1.54) is 11.1 Å². The highest BCUT2D eigenvalue weighted by Crippen LogP contribution is 2.17. The summed E-state index contributed by atoms with van der Waals surface area (Å²) in [5.74, 6) is 0.00656. The number of carbonyl (C=O) groups is 1. The Hall–Kier alpha value is -1.84.